The minimum atomic E-state index is -0.630. The number of nitriles is 1. The smallest absolute Gasteiger partial charge is 0.271 e. The maximum Gasteiger partial charge on any atom is 0.271 e. The third-order valence-corrected chi connectivity index (χ3v) is 9.21. The molecule has 2 heterocycles. The number of rotatable bonds is 13. The number of phenols is 2. The van der Waals surface area contributed by atoms with Gasteiger partial charge < -0.3 is 20.1 Å². The average Bonchev–Trinajstić information content (AvgIpc) is 3.26. The van der Waals surface area contributed by atoms with Gasteiger partial charge in [0.25, 0.3) is 22.5 Å². The quantitative estimate of drug-likeness (QED) is 0.0429. The van der Waals surface area contributed by atoms with Crippen molar-refractivity contribution in [3.63, 3.8) is 0 Å². The van der Waals surface area contributed by atoms with Gasteiger partial charge in [0.1, 0.15) is 40.2 Å². The Morgan fingerprint density at radius 1 is 0.714 bits per heavy atom. The minimum Gasteiger partial charge on any atom is -0.506 e. The fraction of sp³-hybridized carbons (Fsp3) is 0.143. The van der Waals surface area contributed by atoms with Crippen LogP contribution >= 0.6 is 0 Å². The molecule has 0 saturated heterocycles. The first-order valence-corrected chi connectivity index (χ1v) is 18.2. The van der Waals surface area contributed by atoms with Crippen LogP contribution in [-0.2, 0) is 36.4 Å². The van der Waals surface area contributed by atoms with Gasteiger partial charge in [-0.2, -0.15) is 5.26 Å². The van der Waals surface area contributed by atoms with E-state index in [1.54, 1.807) is 19.1 Å². The number of aliphatic imine (C=N–C) groups is 1. The Kier molecular flexibility index (Phi) is 16.0. The molecule has 0 aliphatic heterocycles. The number of nitro groups is 2. The van der Waals surface area contributed by atoms with Crippen LogP contribution in [0.25, 0.3) is 0 Å². The van der Waals surface area contributed by atoms with E-state index in [1.165, 1.54) is 18.6 Å². The zero-order chi connectivity index (χ0) is 45.1. The molecular weight excluding hydrogens is 863 g/mol. The molecule has 3 N–H and O–H groups in total. The number of aromatic hydroxyl groups is 3. The molecule has 0 spiro atoms. The molecular formula is C42H36CoN10O10. The number of methoxy groups -OCH3 is 1. The second kappa shape index (κ2) is 21.3. The van der Waals surface area contributed by atoms with E-state index >= 15 is 0 Å². The minimum absolute atomic E-state index is 0. The van der Waals surface area contributed by atoms with Gasteiger partial charge in [0.05, 0.1) is 36.6 Å². The molecule has 6 rings (SSSR count). The van der Waals surface area contributed by atoms with E-state index in [1.807, 2.05) is 54.6 Å². The van der Waals surface area contributed by atoms with E-state index < -0.39 is 26.8 Å². The largest absolute Gasteiger partial charge is 0.506 e. The van der Waals surface area contributed by atoms with Gasteiger partial charge in [-0.3, -0.25) is 43.9 Å². The number of aromatic nitrogens is 2. The van der Waals surface area contributed by atoms with Gasteiger partial charge in [-0.1, -0.05) is 60.7 Å². The normalized spacial score (nSPS) is 10.7. The fourth-order valence-corrected chi connectivity index (χ4v) is 5.97. The summed E-state index contributed by atoms with van der Waals surface area (Å²) in [7, 11) is 1.35. The number of benzene rings is 4. The summed E-state index contributed by atoms with van der Waals surface area (Å²) < 4.78 is 7.83. The molecule has 0 unspecified atom stereocenters. The molecule has 0 atom stereocenters. The third-order valence-electron chi connectivity index (χ3n) is 9.21. The van der Waals surface area contributed by atoms with Crippen molar-refractivity contribution in [3.8, 4) is 29.3 Å². The molecule has 0 fully saturated rings. The van der Waals surface area contributed by atoms with Crippen LogP contribution < -0.4 is 15.9 Å². The van der Waals surface area contributed by atoms with Gasteiger partial charge >= 0.3 is 0 Å². The molecule has 0 saturated carbocycles. The molecule has 4 aromatic carbocycles. The molecule has 1 radical (unpaired) electrons. The number of ether oxygens (including phenoxy) is 1. The van der Waals surface area contributed by atoms with Crippen LogP contribution in [0.1, 0.15) is 33.4 Å². The number of non-ortho nitro benzene ring substituents is 2. The van der Waals surface area contributed by atoms with Crippen molar-refractivity contribution in [2.45, 2.75) is 33.5 Å². The number of phenolic OH excluding ortho intramolecular Hbond substituents is 2. The summed E-state index contributed by atoms with van der Waals surface area (Å²) in [4.78, 5) is 50.3. The van der Waals surface area contributed by atoms with E-state index in [0.717, 1.165) is 52.1 Å². The zero-order valence-corrected chi connectivity index (χ0v) is 34.6. The third kappa shape index (κ3) is 10.9. The Balaban J connectivity index is 0.000000272. The van der Waals surface area contributed by atoms with Crippen molar-refractivity contribution in [1.82, 2.24) is 9.13 Å². The standard InChI is InChI=1S/C21H17N5O5.C21H19N5O5.Co/c1-13-16(11-22)20(28)25(12-14-6-4-3-5-7-14)21(31-2)19(13)24-23-17-10-15(26(29)30)8-9-18(17)27;1-13-16(11-22-2)20(28)25(12-14-6-4-3-5-7-14)21(29)19(13)24-23-17-10-15(26(30)31)8-9-18(17)27;/h3-10,27H,12H2,1-2H3;3-10,27,29H,2,11-12H2,1H3;. The number of nitro benzene ring substituents is 2. The van der Waals surface area contributed by atoms with E-state index in [2.05, 4.69) is 32.2 Å². The van der Waals surface area contributed by atoms with Crippen LogP contribution in [-0.4, -0.2) is 48.1 Å². The second-order valence-electron chi connectivity index (χ2n) is 13.1. The van der Waals surface area contributed by atoms with Gasteiger partial charge in [-0.25, -0.2) is 0 Å². The Bertz CT molecular complexity index is 2910. The number of hydrogen-bond acceptors (Lipinski definition) is 16. The summed E-state index contributed by atoms with van der Waals surface area (Å²) in [6.07, 6.45) is 0. The van der Waals surface area contributed by atoms with Crippen LogP contribution in [0.5, 0.6) is 23.3 Å². The fourth-order valence-electron chi connectivity index (χ4n) is 5.97. The first-order valence-electron chi connectivity index (χ1n) is 18.2. The zero-order valence-electron chi connectivity index (χ0n) is 33.6. The summed E-state index contributed by atoms with van der Waals surface area (Å²) in [6, 6.07) is 26.7. The summed E-state index contributed by atoms with van der Waals surface area (Å²) in [5.74, 6) is -0.993. The molecule has 0 bridgehead atoms. The summed E-state index contributed by atoms with van der Waals surface area (Å²) >= 11 is 0. The summed E-state index contributed by atoms with van der Waals surface area (Å²) in [6.45, 7) is 6.74. The van der Waals surface area contributed by atoms with E-state index in [9.17, 15) is 50.4 Å². The number of nitrogens with zero attached hydrogens (tertiary/aromatic N) is 10. The van der Waals surface area contributed by atoms with Crippen molar-refractivity contribution in [3.05, 3.63) is 171 Å². The molecule has 6 aromatic rings. The van der Waals surface area contributed by atoms with Gasteiger partial charge in [0.2, 0.25) is 11.8 Å². The first-order chi connectivity index (χ1) is 29.7. The van der Waals surface area contributed by atoms with Crippen LogP contribution in [0.4, 0.5) is 34.1 Å². The molecule has 21 heteroatoms. The summed E-state index contributed by atoms with van der Waals surface area (Å²) in [5.41, 5.74) is 0.551. The predicted molar refractivity (Wildman–Crippen MR) is 226 cm³/mol. The van der Waals surface area contributed by atoms with E-state index in [0.29, 0.717) is 5.56 Å². The van der Waals surface area contributed by atoms with Crippen LogP contribution in [0.15, 0.2) is 132 Å². The van der Waals surface area contributed by atoms with Crippen molar-refractivity contribution in [2.75, 3.05) is 7.11 Å². The molecule has 20 nitrogen and oxygen atoms in total. The van der Waals surface area contributed by atoms with E-state index in [4.69, 9.17) is 4.74 Å². The second-order valence-corrected chi connectivity index (χ2v) is 13.1. The predicted octanol–water partition coefficient (Wildman–Crippen LogP) is 8.25. The Hall–Kier alpha value is -8.35. The first kappa shape index (κ1) is 47.3. The molecule has 0 amide bonds. The van der Waals surface area contributed by atoms with Crippen molar-refractivity contribution < 1.29 is 46.7 Å². The van der Waals surface area contributed by atoms with Crippen molar-refractivity contribution in [1.29, 1.82) is 5.26 Å². The SMILES string of the molecule is C=NCc1c(C)c(N=Nc2cc([N+](=O)[O-])ccc2O)c(O)n(Cc2ccccc2)c1=O.COc1c(N=Nc2cc([N+](=O)[O-])ccc2O)c(C)c(C#N)c(=O)n1Cc1ccccc1.[Co]. The molecule has 323 valence electrons. The Labute approximate surface area is 367 Å². The van der Waals surface area contributed by atoms with Gasteiger partial charge in [-0.15, -0.1) is 20.5 Å². The van der Waals surface area contributed by atoms with Gasteiger partial charge in [0, 0.05) is 52.2 Å². The average molecular weight is 900 g/mol. The molecule has 0 aliphatic rings. The summed E-state index contributed by atoms with van der Waals surface area (Å²) in [5, 5.41) is 78.0. The maximum absolute atomic E-state index is 12.9. The van der Waals surface area contributed by atoms with Gasteiger partial charge in [0.15, 0.2) is 5.69 Å². The monoisotopic (exact) mass is 899 g/mol. The molecule has 63 heavy (non-hydrogen) atoms. The number of azo groups is 2. The van der Waals surface area contributed by atoms with E-state index in [-0.39, 0.29) is 105 Å². The maximum atomic E-state index is 12.9. The number of hydrogen-bond donors (Lipinski definition) is 3. The van der Waals surface area contributed by atoms with Crippen molar-refractivity contribution >= 4 is 40.8 Å². The topological polar surface area (TPSA) is 286 Å². The van der Waals surface area contributed by atoms with Crippen LogP contribution in [0.2, 0.25) is 0 Å². The van der Waals surface area contributed by atoms with Crippen LogP contribution in [0, 0.1) is 45.4 Å². The van der Waals surface area contributed by atoms with Gasteiger partial charge in [-0.05, 0) is 49.4 Å². The number of pyridine rings is 2. The van der Waals surface area contributed by atoms with Crippen LogP contribution in [0.3, 0.4) is 0 Å². The Morgan fingerprint density at radius 2 is 1.19 bits per heavy atom. The molecule has 0 aliphatic carbocycles. The molecule has 2 aromatic heterocycles. The van der Waals surface area contributed by atoms with Crippen molar-refractivity contribution in [2.24, 2.45) is 25.4 Å². The Morgan fingerprint density at radius 3 is 1.63 bits per heavy atom.